The number of carbonyl (C=O) groups excluding carboxylic acids is 1. The first-order chi connectivity index (χ1) is 13.1. The molecule has 1 aliphatic rings. The second-order valence-corrected chi connectivity index (χ2v) is 6.10. The van der Waals surface area contributed by atoms with Crippen molar-refractivity contribution in [3.05, 3.63) is 82.0 Å². The lowest BCUT2D eigenvalue weighted by Gasteiger charge is -2.16. The van der Waals surface area contributed by atoms with Crippen LogP contribution in [0, 0.1) is 5.82 Å². The van der Waals surface area contributed by atoms with E-state index in [4.69, 9.17) is 0 Å². The fourth-order valence-electron chi connectivity index (χ4n) is 2.97. The third-order valence-corrected chi connectivity index (χ3v) is 4.37. The Morgan fingerprint density at radius 2 is 1.78 bits per heavy atom. The Hall–Kier alpha value is -3.55. The minimum absolute atomic E-state index is 0.165. The van der Waals surface area contributed by atoms with E-state index in [1.807, 2.05) is 35.2 Å². The summed E-state index contributed by atoms with van der Waals surface area (Å²) in [7, 11) is 0. The number of halogens is 1. The van der Waals surface area contributed by atoms with Crippen LogP contribution < -0.4 is 15.8 Å². The summed E-state index contributed by atoms with van der Waals surface area (Å²) in [6.07, 6.45) is 0. The highest BCUT2D eigenvalue weighted by molar-refractivity contribution is 5.91. The molecule has 2 aromatic carbocycles. The van der Waals surface area contributed by atoms with E-state index in [1.165, 1.54) is 16.7 Å². The van der Waals surface area contributed by atoms with E-state index in [0.717, 1.165) is 5.69 Å². The molecule has 0 unspecified atom stereocenters. The molecule has 136 valence electrons. The Morgan fingerprint density at radius 1 is 1.04 bits per heavy atom. The van der Waals surface area contributed by atoms with Crippen molar-refractivity contribution in [2.75, 3.05) is 11.4 Å². The molecule has 0 aliphatic carbocycles. The lowest BCUT2D eigenvalue weighted by molar-refractivity contribution is 0.0942. The largest absolute Gasteiger partial charge is 0.346 e. The van der Waals surface area contributed by atoms with Crippen LogP contribution in [0.2, 0.25) is 0 Å². The van der Waals surface area contributed by atoms with Crippen LogP contribution in [0.4, 0.5) is 16.0 Å². The van der Waals surface area contributed by atoms with Crippen molar-refractivity contribution in [1.29, 1.82) is 0 Å². The maximum Gasteiger partial charge on any atom is 0.286 e. The van der Waals surface area contributed by atoms with Crippen LogP contribution in [0.5, 0.6) is 0 Å². The molecule has 0 atom stereocenters. The van der Waals surface area contributed by atoms with Gasteiger partial charge in [-0.25, -0.2) is 4.39 Å². The molecule has 0 fully saturated rings. The van der Waals surface area contributed by atoms with E-state index in [-0.39, 0.29) is 18.1 Å². The van der Waals surface area contributed by atoms with Gasteiger partial charge in [-0.05, 0) is 29.8 Å². The standard InChI is InChI=1S/C19H16FN5O2/c20-14-8-6-13(7-9-14)12-21-17(26)16-18(27)25-11-10-24(19(25)23-22-16)15-4-2-1-3-5-15/h1-9H,10-12H2,(H,21,26). The predicted molar refractivity (Wildman–Crippen MR) is 97.3 cm³/mol. The van der Waals surface area contributed by atoms with Gasteiger partial charge in [0, 0.05) is 25.3 Å². The summed E-state index contributed by atoms with van der Waals surface area (Å²) in [4.78, 5) is 26.9. The molecule has 2 heterocycles. The Balaban J connectivity index is 1.54. The summed E-state index contributed by atoms with van der Waals surface area (Å²) in [5, 5.41) is 10.6. The number of aromatic nitrogens is 3. The molecule has 0 bridgehead atoms. The van der Waals surface area contributed by atoms with Crippen LogP contribution in [0.3, 0.4) is 0 Å². The molecule has 1 N–H and O–H groups in total. The van der Waals surface area contributed by atoms with Crippen LogP contribution in [0.15, 0.2) is 59.4 Å². The van der Waals surface area contributed by atoms with Crippen molar-refractivity contribution in [3.63, 3.8) is 0 Å². The number of anilines is 2. The topological polar surface area (TPSA) is 80.1 Å². The van der Waals surface area contributed by atoms with E-state index in [2.05, 4.69) is 15.5 Å². The molecule has 3 aromatic rings. The van der Waals surface area contributed by atoms with Crippen molar-refractivity contribution in [3.8, 4) is 0 Å². The number of nitrogens with one attached hydrogen (secondary N) is 1. The number of carbonyl (C=O) groups is 1. The van der Waals surface area contributed by atoms with Crippen molar-refractivity contribution < 1.29 is 9.18 Å². The Morgan fingerprint density at radius 3 is 2.52 bits per heavy atom. The number of hydrogen-bond acceptors (Lipinski definition) is 5. The monoisotopic (exact) mass is 365 g/mol. The number of para-hydroxylation sites is 1. The maximum absolute atomic E-state index is 12.9. The van der Waals surface area contributed by atoms with Crippen LogP contribution in [0.1, 0.15) is 16.1 Å². The van der Waals surface area contributed by atoms with E-state index in [1.54, 1.807) is 12.1 Å². The van der Waals surface area contributed by atoms with E-state index >= 15 is 0 Å². The first-order valence-corrected chi connectivity index (χ1v) is 8.46. The molecular formula is C19H16FN5O2. The molecule has 7 nitrogen and oxygen atoms in total. The molecule has 1 aromatic heterocycles. The summed E-state index contributed by atoms with van der Waals surface area (Å²) in [6, 6.07) is 15.3. The van der Waals surface area contributed by atoms with Gasteiger partial charge >= 0.3 is 0 Å². The zero-order chi connectivity index (χ0) is 18.8. The molecule has 0 radical (unpaired) electrons. The lowest BCUT2D eigenvalue weighted by atomic mass is 10.2. The zero-order valence-electron chi connectivity index (χ0n) is 14.3. The number of rotatable bonds is 4. The molecule has 0 spiro atoms. The molecule has 4 rings (SSSR count). The first-order valence-electron chi connectivity index (χ1n) is 8.46. The van der Waals surface area contributed by atoms with Gasteiger partial charge in [0.25, 0.3) is 11.5 Å². The minimum atomic E-state index is -0.606. The lowest BCUT2D eigenvalue weighted by Crippen LogP contribution is -2.34. The predicted octanol–water partition coefficient (Wildman–Crippen LogP) is 1.86. The minimum Gasteiger partial charge on any atom is -0.346 e. The summed E-state index contributed by atoms with van der Waals surface area (Å²) < 4.78 is 14.4. The van der Waals surface area contributed by atoms with Gasteiger partial charge in [-0.1, -0.05) is 30.3 Å². The highest BCUT2D eigenvalue weighted by Gasteiger charge is 2.27. The summed E-state index contributed by atoms with van der Waals surface area (Å²) >= 11 is 0. The fourth-order valence-corrected chi connectivity index (χ4v) is 2.97. The molecular weight excluding hydrogens is 349 g/mol. The Kier molecular flexibility index (Phi) is 4.37. The number of benzene rings is 2. The highest BCUT2D eigenvalue weighted by Crippen LogP contribution is 2.25. The van der Waals surface area contributed by atoms with Crippen molar-refractivity contribution >= 4 is 17.5 Å². The molecule has 0 saturated carbocycles. The Labute approximate surface area is 154 Å². The van der Waals surface area contributed by atoms with Gasteiger partial charge in [-0.15, -0.1) is 10.2 Å². The fraction of sp³-hybridized carbons (Fsp3) is 0.158. The van der Waals surface area contributed by atoms with Gasteiger partial charge in [0.15, 0.2) is 0 Å². The van der Waals surface area contributed by atoms with Gasteiger partial charge in [-0.3, -0.25) is 14.2 Å². The van der Waals surface area contributed by atoms with Crippen LogP contribution in [-0.4, -0.2) is 27.2 Å². The molecule has 0 saturated heterocycles. The molecule has 27 heavy (non-hydrogen) atoms. The molecule has 8 heteroatoms. The molecule has 1 amide bonds. The summed E-state index contributed by atoms with van der Waals surface area (Å²) in [5.74, 6) is -0.539. The van der Waals surface area contributed by atoms with Gasteiger partial charge < -0.3 is 10.2 Å². The van der Waals surface area contributed by atoms with Crippen molar-refractivity contribution in [2.45, 2.75) is 13.1 Å². The number of fused-ring (bicyclic) bond motifs is 1. The van der Waals surface area contributed by atoms with Crippen LogP contribution in [0.25, 0.3) is 0 Å². The Bertz CT molecular complexity index is 1030. The average Bonchev–Trinajstić information content (AvgIpc) is 3.13. The highest BCUT2D eigenvalue weighted by atomic mass is 19.1. The third-order valence-electron chi connectivity index (χ3n) is 4.37. The van der Waals surface area contributed by atoms with Gasteiger partial charge in [0.2, 0.25) is 11.6 Å². The molecule has 1 aliphatic heterocycles. The maximum atomic E-state index is 12.9. The van der Waals surface area contributed by atoms with E-state index in [9.17, 15) is 14.0 Å². The number of amides is 1. The second-order valence-electron chi connectivity index (χ2n) is 6.10. The quantitative estimate of drug-likeness (QED) is 0.763. The van der Waals surface area contributed by atoms with Crippen molar-refractivity contribution in [2.24, 2.45) is 0 Å². The summed E-state index contributed by atoms with van der Waals surface area (Å²) in [6.45, 7) is 1.17. The van der Waals surface area contributed by atoms with Crippen LogP contribution in [-0.2, 0) is 13.1 Å². The van der Waals surface area contributed by atoms with Gasteiger partial charge in [-0.2, -0.15) is 0 Å². The second kappa shape index (κ2) is 6.99. The first kappa shape index (κ1) is 16.9. The van der Waals surface area contributed by atoms with E-state index < -0.39 is 11.5 Å². The number of hydrogen-bond donors (Lipinski definition) is 1. The zero-order valence-corrected chi connectivity index (χ0v) is 14.3. The van der Waals surface area contributed by atoms with E-state index in [0.29, 0.717) is 24.6 Å². The average molecular weight is 365 g/mol. The third kappa shape index (κ3) is 3.29. The summed E-state index contributed by atoms with van der Waals surface area (Å²) in [5.41, 5.74) is 0.894. The van der Waals surface area contributed by atoms with Crippen molar-refractivity contribution in [1.82, 2.24) is 20.1 Å². The normalized spacial score (nSPS) is 12.7. The van der Waals surface area contributed by atoms with Gasteiger partial charge in [0.05, 0.1) is 0 Å². The number of nitrogens with zero attached hydrogens (tertiary/aromatic N) is 4. The van der Waals surface area contributed by atoms with Gasteiger partial charge in [0.1, 0.15) is 5.82 Å². The SMILES string of the molecule is O=C(NCc1ccc(F)cc1)c1nnc2n(c1=O)CCN2c1ccccc1. The van der Waals surface area contributed by atoms with Crippen LogP contribution >= 0.6 is 0 Å². The smallest absolute Gasteiger partial charge is 0.286 e.